The maximum atomic E-state index is 12.2. The highest BCUT2D eigenvalue weighted by atomic mass is 16.5. The molecule has 21 heavy (non-hydrogen) atoms. The van der Waals surface area contributed by atoms with Crippen LogP contribution in [0.1, 0.15) is 26.3 Å². The Bertz CT molecular complexity index is 696. The fourth-order valence-electron chi connectivity index (χ4n) is 1.89. The number of methoxy groups -OCH3 is 1. The normalized spacial score (nSPS) is 10.0. The monoisotopic (exact) mass is 284 g/mol. The summed E-state index contributed by atoms with van der Waals surface area (Å²) < 4.78 is 4.69. The zero-order chi connectivity index (χ0) is 15.4. The fraction of sp³-hybridized carbons (Fsp3) is 0.125. The van der Waals surface area contributed by atoms with E-state index in [0.29, 0.717) is 22.5 Å². The molecule has 3 N–H and O–H groups in total. The molecular formula is C16H16N2O3. The van der Waals surface area contributed by atoms with Crippen LogP contribution in [0.25, 0.3) is 0 Å². The number of anilines is 2. The molecule has 0 fully saturated rings. The van der Waals surface area contributed by atoms with Crippen molar-refractivity contribution in [3.8, 4) is 0 Å². The molecule has 0 saturated heterocycles. The van der Waals surface area contributed by atoms with Crippen LogP contribution in [0.3, 0.4) is 0 Å². The van der Waals surface area contributed by atoms with E-state index in [0.717, 1.165) is 5.56 Å². The lowest BCUT2D eigenvalue weighted by Gasteiger charge is -2.10. The number of hydrogen-bond acceptors (Lipinski definition) is 4. The number of esters is 1. The quantitative estimate of drug-likeness (QED) is 0.670. The van der Waals surface area contributed by atoms with Crippen LogP contribution in [-0.2, 0) is 4.74 Å². The molecule has 0 aliphatic carbocycles. The van der Waals surface area contributed by atoms with Crippen molar-refractivity contribution in [2.75, 3.05) is 18.2 Å². The van der Waals surface area contributed by atoms with Gasteiger partial charge < -0.3 is 15.8 Å². The topological polar surface area (TPSA) is 81.4 Å². The van der Waals surface area contributed by atoms with E-state index in [-0.39, 0.29) is 5.91 Å². The van der Waals surface area contributed by atoms with Crippen molar-refractivity contribution < 1.29 is 14.3 Å². The summed E-state index contributed by atoms with van der Waals surface area (Å²) in [4.78, 5) is 23.9. The van der Waals surface area contributed by atoms with Gasteiger partial charge in [0.1, 0.15) is 0 Å². The molecule has 0 atom stereocenters. The van der Waals surface area contributed by atoms with Crippen molar-refractivity contribution in [1.29, 1.82) is 0 Å². The van der Waals surface area contributed by atoms with Crippen LogP contribution in [0.4, 0.5) is 11.4 Å². The van der Waals surface area contributed by atoms with E-state index in [2.05, 4.69) is 5.32 Å². The van der Waals surface area contributed by atoms with Gasteiger partial charge in [-0.05, 0) is 42.8 Å². The zero-order valence-electron chi connectivity index (χ0n) is 11.8. The molecule has 5 heteroatoms. The number of nitrogens with two attached hydrogens (primary N) is 1. The maximum Gasteiger partial charge on any atom is 0.339 e. The number of aryl methyl sites for hydroxylation is 1. The van der Waals surface area contributed by atoms with Gasteiger partial charge in [-0.3, -0.25) is 4.79 Å². The van der Waals surface area contributed by atoms with Gasteiger partial charge in [0.25, 0.3) is 5.91 Å². The predicted octanol–water partition coefficient (Wildman–Crippen LogP) is 2.62. The van der Waals surface area contributed by atoms with Gasteiger partial charge in [0.2, 0.25) is 0 Å². The Morgan fingerprint density at radius 1 is 1.14 bits per heavy atom. The van der Waals surface area contributed by atoms with E-state index in [1.807, 2.05) is 6.92 Å². The van der Waals surface area contributed by atoms with E-state index in [4.69, 9.17) is 10.5 Å². The van der Waals surface area contributed by atoms with Crippen LogP contribution in [0.5, 0.6) is 0 Å². The summed E-state index contributed by atoms with van der Waals surface area (Å²) in [5.41, 5.74) is 8.37. The second-order valence-electron chi connectivity index (χ2n) is 4.56. The second kappa shape index (κ2) is 6.09. The van der Waals surface area contributed by atoms with Crippen molar-refractivity contribution >= 4 is 23.3 Å². The molecule has 2 aromatic carbocycles. The van der Waals surface area contributed by atoms with Gasteiger partial charge in [-0.15, -0.1) is 0 Å². The minimum atomic E-state index is -0.501. The lowest BCUT2D eigenvalue weighted by molar-refractivity contribution is 0.0602. The van der Waals surface area contributed by atoms with Crippen LogP contribution in [0, 0.1) is 6.92 Å². The van der Waals surface area contributed by atoms with E-state index in [1.54, 1.807) is 42.5 Å². The molecule has 0 heterocycles. The number of hydrogen-bond donors (Lipinski definition) is 2. The Kier molecular flexibility index (Phi) is 4.23. The highest BCUT2D eigenvalue weighted by Gasteiger charge is 2.14. The SMILES string of the molecule is COC(=O)c1ccccc1NC(=O)c1ccc(N)c(C)c1. The summed E-state index contributed by atoms with van der Waals surface area (Å²) in [6, 6.07) is 11.7. The van der Waals surface area contributed by atoms with E-state index in [9.17, 15) is 9.59 Å². The molecule has 0 aliphatic rings. The number of carbonyl (C=O) groups excluding carboxylic acids is 2. The second-order valence-corrected chi connectivity index (χ2v) is 4.56. The molecule has 2 rings (SSSR count). The number of nitrogen functional groups attached to an aromatic ring is 1. The van der Waals surface area contributed by atoms with Crippen molar-refractivity contribution in [1.82, 2.24) is 0 Å². The Labute approximate surface area is 122 Å². The first-order valence-electron chi connectivity index (χ1n) is 6.37. The third-order valence-corrected chi connectivity index (χ3v) is 3.11. The molecule has 0 saturated carbocycles. The largest absolute Gasteiger partial charge is 0.465 e. The van der Waals surface area contributed by atoms with Gasteiger partial charge in [-0.1, -0.05) is 12.1 Å². The maximum absolute atomic E-state index is 12.2. The van der Waals surface area contributed by atoms with Crippen molar-refractivity contribution in [3.05, 3.63) is 59.2 Å². The Morgan fingerprint density at radius 2 is 1.86 bits per heavy atom. The predicted molar refractivity (Wildman–Crippen MR) is 81.3 cm³/mol. The summed E-state index contributed by atoms with van der Waals surface area (Å²) in [6.07, 6.45) is 0. The molecule has 0 aliphatic heterocycles. The molecule has 1 amide bonds. The van der Waals surface area contributed by atoms with Crippen LogP contribution in [0.2, 0.25) is 0 Å². The minimum absolute atomic E-state index is 0.306. The van der Waals surface area contributed by atoms with Gasteiger partial charge in [-0.2, -0.15) is 0 Å². The summed E-state index contributed by atoms with van der Waals surface area (Å²) in [5.74, 6) is -0.811. The smallest absolute Gasteiger partial charge is 0.339 e. The van der Waals surface area contributed by atoms with Gasteiger partial charge >= 0.3 is 5.97 Å². The summed E-state index contributed by atoms with van der Waals surface area (Å²) in [7, 11) is 1.30. The third-order valence-electron chi connectivity index (χ3n) is 3.11. The molecule has 0 bridgehead atoms. The van der Waals surface area contributed by atoms with E-state index in [1.165, 1.54) is 7.11 Å². The number of benzene rings is 2. The molecule has 2 aromatic rings. The first-order valence-corrected chi connectivity index (χ1v) is 6.37. The fourth-order valence-corrected chi connectivity index (χ4v) is 1.89. The Morgan fingerprint density at radius 3 is 2.52 bits per heavy atom. The molecule has 0 spiro atoms. The van der Waals surface area contributed by atoms with E-state index >= 15 is 0 Å². The number of rotatable bonds is 3. The van der Waals surface area contributed by atoms with Crippen LogP contribution < -0.4 is 11.1 Å². The first-order chi connectivity index (χ1) is 10.0. The van der Waals surface area contributed by atoms with Crippen molar-refractivity contribution in [2.24, 2.45) is 0 Å². The van der Waals surface area contributed by atoms with Crippen LogP contribution in [0.15, 0.2) is 42.5 Å². The van der Waals surface area contributed by atoms with Crippen LogP contribution >= 0.6 is 0 Å². The average Bonchev–Trinajstić information content (AvgIpc) is 2.49. The lowest BCUT2D eigenvalue weighted by atomic mass is 10.1. The van der Waals surface area contributed by atoms with Crippen LogP contribution in [-0.4, -0.2) is 19.0 Å². The molecular weight excluding hydrogens is 268 g/mol. The van der Waals surface area contributed by atoms with Crippen molar-refractivity contribution in [3.63, 3.8) is 0 Å². The number of nitrogens with one attached hydrogen (secondary N) is 1. The highest BCUT2D eigenvalue weighted by molar-refractivity contribution is 6.08. The zero-order valence-corrected chi connectivity index (χ0v) is 11.8. The molecule has 0 aromatic heterocycles. The molecule has 108 valence electrons. The summed E-state index contributed by atoms with van der Waals surface area (Å²) in [5, 5.41) is 2.71. The van der Waals surface area contributed by atoms with E-state index < -0.39 is 5.97 Å². The Balaban J connectivity index is 2.27. The van der Waals surface area contributed by atoms with Gasteiger partial charge in [0.05, 0.1) is 18.4 Å². The first kappa shape index (κ1) is 14.6. The van der Waals surface area contributed by atoms with Gasteiger partial charge in [-0.25, -0.2) is 4.79 Å². The molecule has 0 unspecified atom stereocenters. The highest BCUT2D eigenvalue weighted by Crippen LogP contribution is 2.18. The standard InChI is InChI=1S/C16H16N2O3/c1-10-9-11(7-8-13(10)17)15(19)18-14-6-4-3-5-12(14)16(20)21-2/h3-9H,17H2,1-2H3,(H,18,19). The number of ether oxygens (including phenoxy) is 1. The Hall–Kier alpha value is -2.82. The number of para-hydroxylation sites is 1. The minimum Gasteiger partial charge on any atom is -0.465 e. The summed E-state index contributed by atoms with van der Waals surface area (Å²) in [6.45, 7) is 1.83. The third kappa shape index (κ3) is 3.20. The average molecular weight is 284 g/mol. The van der Waals surface area contributed by atoms with Gasteiger partial charge in [0, 0.05) is 11.3 Å². The lowest BCUT2D eigenvalue weighted by Crippen LogP contribution is -2.15. The van der Waals surface area contributed by atoms with Crippen molar-refractivity contribution in [2.45, 2.75) is 6.92 Å². The molecule has 0 radical (unpaired) electrons. The number of amides is 1. The number of carbonyl (C=O) groups is 2. The molecule has 5 nitrogen and oxygen atoms in total. The van der Waals surface area contributed by atoms with Gasteiger partial charge in [0.15, 0.2) is 0 Å². The summed E-state index contributed by atoms with van der Waals surface area (Å²) >= 11 is 0.